The number of anilines is 1. The summed E-state index contributed by atoms with van der Waals surface area (Å²) >= 11 is 7.10. The van der Waals surface area contributed by atoms with Crippen molar-refractivity contribution in [2.24, 2.45) is 0 Å². The Bertz CT molecular complexity index is 708. The molecular weight excluding hydrogens is 364 g/mol. The second-order valence-electron chi connectivity index (χ2n) is 5.68. The quantitative estimate of drug-likeness (QED) is 0.364. The predicted octanol–water partition coefficient (Wildman–Crippen LogP) is 4.86. The van der Waals surface area contributed by atoms with E-state index >= 15 is 0 Å². The van der Waals surface area contributed by atoms with Crippen LogP contribution in [0, 0.1) is 0 Å². The Morgan fingerprint density at radius 2 is 1.77 bits per heavy atom. The van der Waals surface area contributed by atoms with Gasteiger partial charge < -0.3 is 15.4 Å². The van der Waals surface area contributed by atoms with Gasteiger partial charge in [0.1, 0.15) is 0 Å². The van der Waals surface area contributed by atoms with Crippen molar-refractivity contribution in [3.05, 3.63) is 54.6 Å². The molecule has 0 unspecified atom stereocenters. The minimum Gasteiger partial charge on any atom is -0.469 e. The smallest absolute Gasteiger partial charge is 0.305 e. The Labute approximate surface area is 164 Å². The van der Waals surface area contributed by atoms with Crippen LogP contribution in [0.1, 0.15) is 25.7 Å². The molecule has 2 N–H and O–H groups in total. The number of nitrogens with one attached hydrogen (secondary N) is 2. The van der Waals surface area contributed by atoms with Gasteiger partial charge in [0.15, 0.2) is 5.11 Å². The number of hydrogen-bond acceptors (Lipinski definition) is 4. The molecule has 0 spiro atoms. The van der Waals surface area contributed by atoms with Crippen LogP contribution in [-0.4, -0.2) is 24.7 Å². The molecule has 0 aliphatic heterocycles. The first-order valence-corrected chi connectivity index (χ1v) is 9.85. The number of para-hydroxylation sites is 1. The molecule has 2 rings (SSSR count). The van der Waals surface area contributed by atoms with Gasteiger partial charge in [-0.15, -0.1) is 0 Å². The van der Waals surface area contributed by atoms with E-state index < -0.39 is 0 Å². The average molecular weight is 389 g/mol. The molecule has 6 heteroatoms. The van der Waals surface area contributed by atoms with E-state index in [1.54, 1.807) is 11.8 Å². The lowest BCUT2D eigenvalue weighted by Gasteiger charge is -2.14. The number of benzene rings is 2. The molecule has 138 valence electrons. The van der Waals surface area contributed by atoms with E-state index in [0.29, 0.717) is 11.5 Å². The molecule has 0 amide bonds. The summed E-state index contributed by atoms with van der Waals surface area (Å²) in [5, 5.41) is 7.10. The first-order valence-electron chi connectivity index (χ1n) is 8.62. The molecule has 0 aromatic heterocycles. The summed E-state index contributed by atoms with van der Waals surface area (Å²) in [6.07, 6.45) is 3.23. The lowest BCUT2D eigenvalue weighted by Crippen LogP contribution is -2.29. The van der Waals surface area contributed by atoms with Crippen molar-refractivity contribution < 1.29 is 9.53 Å². The molecule has 2 aromatic rings. The number of hydrogen-bond donors (Lipinski definition) is 2. The van der Waals surface area contributed by atoms with E-state index in [4.69, 9.17) is 12.2 Å². The van der Waals surface area contributed by atoms with Gasteiger partial charge in [0.05, 0.1) is 12.8 Å². The van der Waals surface area contributed by atoms with E-state index in [2.05, 4.69) is 33.6 Å². The normalized spacial score (nSPS) is 10.2. The van der Waals surface area contributed by atoms with E-state index in [-0.39, 0.29) is 5.97 Å². The monoisotopic (exact) mass is 388 g/mol. The van der Waals surface area contributed by atoms with Crippen LogP contribution < -0.4 is 10.6 Å². The minimum atomic E-state index is -0.150. The van der Waals surface area contributed by atoms with Gasteiger partial charge >= 0.3 is 5.97 Å². The third-order valence-electron chi connectivity index (χ3n) is 3.68. The molecule has 26 heavy (non-hydrogen) atoms. The highest BCUT2D eigenvalue weighted by atomic mass is 32.2. The van der Waals surface area contributed by atoms with Gasteiger partial charge in [-0.25, -0.2) is 0 Å². The fourth-order valence-electron chi connectivity index (χ4n) is 2.32. The van der Waals surface area contributed by atoms with Crippen LogP contribution in [0.4, 0.5) is 5.69 Å². The summed E-state index contributed by atoms with van der Waals surface area (Å²) < 4.78 is 4.63. The Balaban J connectivity index is 1.76. The topological polar surface area (TPSA) is 50.4 Å². The Morgan fingerprint density at radius 3 is 2.54 bits per heavy atom. The second kappa shape index (κ2) is 11.5. The first kappa shape index (κ1) is 20.3. The number of ether oxygens (including phenoxy) is 1. The molecule has 0 aliphatic rings. The molecule has 0 atom stereocenters. The zero-order valence-corrected chi connectivity index (χ0v) is 16.5. The van der Waals surface area contributed by atoms with Crippen molar-refractivity contribution >= 4 is 40.7 Å². The summed E-state index contributed by atoms with van der Waals surface area (Å²) in [5.74, 6) is -0.150. The van der Waals surface area contributed by atoms with Gasteiger partial charge in [0.2, 0.25) is 0 Å². The predicted molar refractivity (Wildman–Crippen MR) is 112 cm³/mol. The van der Waals surface area contributed by atoms with Crippen LogP contribution in [0.2, 0.25) is 0 Å². The van der Waals surface area contributed by atoms with Crippen molar-refractivity contribution in [3.63, 3.8) is 0 Å². The summed E-state index contributed by atoms with van der Waals surface area (Å²) in [4.78, 5) is 13.4. The van der Waals surface area contributed by atoms with E-state index in [9.17, 15) is 4.79 Å². The Hall–Kier alpha value is -2.05. The number of esters is 1. The first-order chi connectivity index (χ1) is 12.7. The molecular formula is C20H24N2O2S2. The van der Waals surface area contributed by atoms with Gasteiger partial charge in [-0.3, -0.25) is 4.79 Å². The molecule has 0 heterocycles. The highest BCUT2D eigenvalue weighted by molar-refractivity contribution is 7.99. The van der Waals surface area contributed by atoms with Gasteiger partial charge in [-0.2, -0.15) is 0 Å². The fraction of sp³-hybridized carbons (Fsp3) is 0.300. The van der Waals surface area contributed by atoms with Crippen molar-refractivity contribution in [2.75, 3.05) is 19.0 Å². The third-order valence-corrected chi connectivity index (χ3v) is 5.01. The van der Waals surface area contributed by atoms with Gasteiger partial charge in [-0.05, 0) is 49.3 Å². The number of rotatable bonds is 9. The fourth-order valence-corrected chi connectivity index (χ4v) is 3.45. The molecule has 0 fully saturated rings. The van der Waals surface area contributed by atoms with Crippen molar-refractivity contribution in [1.82, 2.24) is 5.32 Å². The molecule has 0 saturated carbocycles. The van der Waals surface area contributed by atoms with Crippen LogP contribution in [0.3, 0.4) is 0 Å². The molecule has 0 saturated heterocycles. The number of unbranched alkanes of at least 4 members (excludes halogenated alkanes) is 2. The van der Waals surface area contributed by atoms with Crippen LogP contribution in [-0.2, 0) is 9.53 Å². The summed E-state index contributed by atoms with van der Waals surface area (Å²) in [7, 11) is 1.42. The van der Waals surface area contributed by atoms with E-state index in [1.165, 1.54) is 12.0 Å². The highest BCUT2D eigenvalue weighted by Crippen LogP contribution is 2.33. The maximum Gasteiger partial charge on any atom is 0.305 e. The number of carbonyl (C=O) groups excluding carboxylic acids is 1. The summed E-state index contributed by atoms with van der Waals surface area (Å²) in [5.41, 5.74) is 0.990. The van der Waals surface area contributed by atoms with Crippen LogP contribution in [0.25, 0.3) is 0 Å². The Morgan fingerprint density at radius 1 is 1.04 bits per heavy atom. The zero-order valence-electron chi connectivity index (χ0n) is 14.9. The van der Waals surface area contributed by atoms with Crippen LogP contribution in [0.15, 0.2) is 64.4 Å². The standard InChI is InChI=1S/C20H24N2O2S2/c1-24-19(23)14-6-3-9-15-21-20(25)22-17-12-7-8-13-18(17)26-16-10-4-2-5-11-16/h2,4-5,7-8,10-13H,3,6,9,14-15H2,1H3,(H2,21,22,25). The molecule has 4 nitrogen and oxygen atoms in total. The third kappa shape index (κ3) is 7.45. The van der Waals surface area contributed by atoms with Gasteiger partial charge in [0.25, 0.3) is 0 Å². The number of carbonyl (C=O) groups is 1. The van der Waals surface area contributed by atoms with Crippen LogP contribution in [0.5, 0.6) is 0 Å². The minimum absolute atomic E-state index is 0.150. The maximum absolute atomic E-state index is 11.0. The lowest BCUT2D eigenvalue weighted by molar-refractivity contribution is -0.140. The average Bonchev–Trinajstić information content (AvgIpc) is 2.66. The molecule has 0 bridgehead atoms. The molecule has 2 aromatic carbocycles. The zero-order chi connectivity index (χ0) is 18.6. The summed E-state index contributed by atoms with van der Waals surface area (Å²) in [6, 6.07) is 18.4. The largest absolute Gasteiger partial charge is 0.469 e. The number of methoxy groups -OCH3 is 1. The van der Waals surface area contributed by atoms with Crippen molar-refractivity contribution in [3.8, 4) is 0 Å². The lowest BCUT2D eigenvalue weighted by atomic mass is 10.2. The highest BCUT2D eigenvalue weighted by Gasteiger charge is 2.06. The number of thiocarbonyl (C=S) groups is 1. The maximum atomic E-state index is 11.0. The Kier molecular flexibility index (Phi) is 9.00. The van der Waals surface area contributed by atoms with Crippen molar-refractivity contribution in [2.45, 2.75) is 35.5 Å². The second-order valence-corrected chi connectivity index (χ2v) is 7.20. The van der Waals surface area contributed by atoms with E-state index in [0.717, 1.165) is 36.4 Å². The molecule has 0 aliphatic carbocycles. The van der Waals surface area contributed by atoms with E-state index in [1.807, 2.05) is 36.4 Å². The van der Waals surface area contributed by atoms with Crippen molar-refractivity contribution in [1.29, 1.82) is 0 Å². The van der Waals surface area contributed by atoms with Gasteiger partial charge in [0, 0.05) is 22.8 Å². The van der Waals surface area contributed by atoms with Crippen LogP contribution >= 0.6 is 24.0 Å². The SMILES string of the molecule is COC(=O)CCCCCNC(=S)Nc1ccccc1Sc1ccccc1. The molecule has 0 radical (unpaired) electrons. The summed E-state index contributed by atoms with van der Waals surface area (Å²) in [6.45, 7) is 0.779. The van der Waals surface area contributed by atoms with Gasteiger partial charge in [-0.1, -0.05) is 48.5 Å².